The van der Waals surface area contributed by atoms with Crippen molar-refractivity contribution in [1.29, 1.82) is 0 Å². The zero-order valence-corrected chi connectivity index (χ0v) is 13.9. The number of carbonyl (C=O) groups is 2. The summed E-state index contributed by atoms with van der Waals surface area (Å²) in [7, 11) is 0. The predicted molar refractivity (Wildman–Crippen MR) is 95.5 cm³/mol. The Hall–Kier alpha value is -3.41. The number of rotatable bonds is 4. The molecule has 3 rings (SSSR count). The highest BCUT2D eigenvalue weighted by molar-refractivity contribution is 6.02. The minimum absolute atomic E-state index is 0.00560. The second-order valence-corrected chi connectivity index (χ2v) is 5.70. The number of aromatic hydroxyl groups is 1. The maximum atomic E-state index is 13.6. The van der Waals surface area contributed by atoms with Crippen molar-refractivity contribution in [2.75, 3.05) is 5.32 Å². The minimum atomic E-state index is -1.17. The standard InChI is InChI=1S/C20H16FNO4/c1-12(19(24)22-17-9-5-4-8-16(17)21)26-20(25)15-11-10-13-6-2-3-7-14(13)18(15)23/h2-12,23H,1H3,(H,22,24)/t12-/m0/s1. The molecule has 0 saturated carbocycles. The van der Waals surface area contributed by atoms with Crippen LogP contribution in [0.1, 0.15) is 17.3 Å². The Kier molecular flexibility index (Phi) is 4.84. The highest BCUT2D eigenvalue weighted by Crippen LogP contribution is 2.29. The number of phenols is 1. The molecule has 0 aliphatic carbocycles. The lowest BCUT2D eigenvalue weighted by atomic mass is 10.1. The molecule has 0 aromatic heterocycles. The van der Waals surface area contributed by atoms with E-state index in [4.69, 9.17) is 4.74 Å². The molecule has 0 spiro atoms. The van der Waals surface area contributed by atoms with E-state index in [1.54, 1.807) is 30.3 Å². The number of hydrogen-bond donors (Lipinski definition) is 2. The SMILES string of the molecule is C[C@H](OC(=O)c1ccc2ccccc2c1O)C(=O)Nc1ccccc1F. The molecule has 0 bridgehead atoms. The molecule has 0 radical (unpaired) electrons. The quantitative estimate of drug-likeness (QED) is 0.698. The molecule has 5 nitrogen and oxygen atoms in total. The lowest BCUT2D eigenvalue weighted by Crippen LogP contribution is -2.30. The van der Waals surface area contributed by atoms with Crippen molar-refractivity contribution in [1.82, 2.24) is 0 Å². The first-order chi connectivity index (χ1) is 12.5. The highest BCUT2D eigenvalue weighted by atomic mass is 19.1. The Balaban J connectivity index is 1.74. The number of nitrogens with one attached hydrogen (secondary N) is 1. The molecule has 0 fully saturated rings. The van der Waals surface area contributed by atoms with Gasteiger partial charge in [-0.15, -0.1) is 0 Å². The van der Waals surface area contributed by atoms with Crippen molar-refractivity contribution in [3.8, 4) is 5.75 Å². The van der Waals surface area contributed by atoms with Crippen molar-refractivity contribution in [2.24, 2.45) is 0 Å². The normalized spacial score (nSPS) is 11.8. The number of phenolic OH excluding ortho intramolecular Hbond substituents is 1. The number of para-hydroxylation sites is 1. The van der Waals surface area contributed by atoms with E-state index in [0.717, 1.165) is 5.39 Å². The average molecular weight is 353 g/mol. The first-order valence-electron chi connectivity index (χ1n) is 7.94. The van der Waals surface area contributed by atoms with Gasteiger partial charge in [0.05, 0.1) is 5.69 Å². The van der Waals surface area contributed by atoms with Crippen molar-refractivity contribution < 1.29 is 23.8 Å². The summed E-state index contributed by atoms with van der Waals surface area (Å²) in [6.07, 6.45) is -1.17. The molecule has 0 saturated heterocycles. The van der Waals surface area contributed by atoms with Crippen molar-refractivity contribution in [2.45, 2.75) is 13.0 Å². The summed E-state index contributed by atoms with van der Waals surface area (Å²) in [5.74, 6) is -2.32. The van der Waals surface area contributed by atoms with Gasteiger partial charge in [-0.3, -0.25) is 4.79 Å². The van der Waals surface area contributed by atoms with E-state index in [1.807, 2.05) is 6.07 Å². The smallest absolute Gasteiger partial charge is 0.342 e. The summed E-state index contributed by atoms with van der Waals surface area (Å²) in [5, 5.41) is 13.9. The Labute approximate surface area is 149 Å². The van der Waals surface area contributed by atoms with Crippen LogP contribution in [0.5, 0.6) is 5.75 Å². The summed E-state index contributed by atoms with van der Waals surface area (Å²) in [6.45, 7) is 1.37. The predicted octanol–water partition coefficient (Wildman–Crippen LogP) is 3.87. The van der Waals surface area contributed by atoms with Crippen LogP contribution in [-0.2, 0) is 9.53 Å². The van der Waals surface area contributed by atoms with Gasteiger partial charge in [0.1, 0.15) is 17.1 Å². The number of ether oxygens (including phenoxy) is 1. The van der Waals surface area contributed by atoms with Crippen LogP contribution < -0.4 is 5.32 Å². The Morgan fingerprint density at radius 1 is 1.04 bits per heavy atom. The van der Waals surface area contributed by atoms with Gasteiger partial charge >= 0.3 is 5.97 Å². The largest absolute Gasteiger partial charge is 0.506 e. The van der Waals surface area contributed by atoms with Gasteiger partial charge < -0.3 is 15.2 Å². The molecule has 3 aromatic rings. The van der Waals surface area contributed by atoms with Gasteiger partial charge in [0.2, 0.25) is 0 Å². The third-order valence-electron chi connectivity index (χ3n) is 3.91. The van der Waals surface area contributed by atoms with Crippen LogP contribution in [0.3, 0.4) is 0 Å². The van der Waals surface area contributed by atoms with Gasteiger partial charge in [0.25, 0.3) is 5.91 Å². The third kappa shape index (κ3) is 3.49. The monoisotopic (exact) mass is 353 g/mol. The fourth-order valence-corrected chi connectivity index (χ4v) is 2.49. The van der Waals surface area contributed by atoms with Crippen LogP contribution in [0.25, 0.3) is 10.8 Å². The van der Waals surface area contributed by atoms with Crippen molar-refractivity contribution >= 4 is 28.3 Å². The second kappa shape index (κ2) is 7.23. The fraction of sp³-hybridized carbons (Fsp3) is 0.100. The van der Waals surface area contributed by atoms with E-state index in [0.29, 0.717) is 5.39 Å². The van der Waals surface area contributed by atoms with Crippen molar-refractivity contribution in [3.05, 3.63) is 72.0 Å². The third-order valence-corrected chi connectivity index (χ3v) is 3.91. The second-order valence-electron chi connectivity index (χ2n) is 5.70. The first kappa shape index (κ1) is 17.4. The lowest BCUT2D eigenvalue weighted by Gasteiger charge is -2.15. The molecule has 1 amide bonds. The average Bonchev–Trinajstić information content (AvgIpc) is 2.64. The molecule has 0 aliphatic heterocycles. The molecule has 26 heavy (non-hydrogen) atoms. The van der Waals surface area contributed by atoms with Gasteiger partial charge in [-0.2, -0.15) is 0 Å². The topological polar surface area (TPSA) is 75.6 Å². The van der Waals surface area contributed by atoms with Gasteiger partial charge in [-0.05, 0) is 30.5 Å². The highest BCUT2D eigenvalue weighted by Gasteiger charge is 2.22. The number of amides is 1. The van der Waals surface area contributed by atoms with E-state index in [1.165, 1.54) is 31.2 Å². The molecule has 0 heterocycles. The van der Waals surface area contributed by atoms with Crippen LogP contribution in [0, 0.1) is 5.82 Å². The molecular formula is C20H16FNO4. The number of fused-ring (bicyclic) bond motifs is 1. The maximum Gasteiger partial charge on any atom is 0.342 e. The van der Waals surface area contributed by atoms with Crippen LogP contribution in [-0.4, -0.2) is 23.1 Å². The van der Waals surface area contributed by atoms with E-state index in [-0.39, 0.29) is 17.0 Å². The number of benzene rings is 3. The van der Waals surface area contributed by atoms with Crippen LogP contribution in [0.15, 0.2) is 60.7 Å². The van der Waals surface area contributed by atoms with Gasteiger partial charge in [-0.1, -0.05) is 42.5 Å². The molecule has 6 heteroatoms. The molecule has 3 aromatic carbocycles. The summed E-state index contributed by atoms with van der Waals surface area (Å²) >= 11 is 0. The number of halogens is 1. The lowest BCUT2D eigenvalue weighted by molar-refractivity contribution is -0.123. The zero-order chi connectivity index (χ0) is 18.7. The fourth-order valence-electron chi connectivity index (χ4n) is 2.49. The number of anilines is 1. The molecule has 0 aliphatic rings. The molecule has 0 unspecified atom stereocenters. The molecular weight excluding hydrogens is 337 g/mol. The number of carbonyl (C=O) groups excluding carboxylic acids is 2. The Morgan fingerprint density at radius 2 is 1.73 bits per heavy atom. The van der Waals surface area contributed by atoms with Crippen LogP contribution in [0.4, 0.5) is 10.1 Å². The van der Waals surface area contributed by atoms with E-state index < -0.39 is 23.8 Å². The zero-order valence-electron chi connectivity index (χ0n) is 13.9. The van der Waals surface area contributed by atoms with Gasteiger partial charge in [0, 0.05) is 5.39 Å². The number of hydrogen-bond acceptors (Lipinski definition) is 4. The molecule has 2 N–H and O–H groups in total. The Morgan fingerprint density at radius 3 is 2.50 bits per heavy atom. The van der Waals surface area contributed by atoms with Gasteiger partial charge in [0.15, 0.2) is 6.10 Å². The molecule has 132 valence electrons. The first-order valence-corrected chi connectivity index (χ1v) is 7.94. The van der Waals surface area contributed by atoms with Crippen LogP contribution in [0.2, 0.25) is 0 Å². The summed E-state index contributed by atoms with van der Waals surface area (Å²) in [5.41, 5.74) is -0.0526. The van der Waals surface area contributed by atoms with Gasteiger partial charge in [-0.25, -0.2) is 9.18 Å². The van der Waals surface area contributed by atoms with E-state index in [2.05, 4.69) is 5.32 Å². The summed E-state index contributed by atoms with van der Waals surface area (Å²) < 4.78 is 18.7. The molecule has 1 atom stereocenters. The van der Waals surface area contributed by atoms with Crippen LogP contribution >= 0.6 is 0 Å². The minimum Gasteiger partial charge on any atom is -0.506 e. The van der Waals surface area contributed by atoms with E-state index in [9.17, 15) is 19.1 Å². The van der Waals surface area contributed by atoms with Crippen molar-refractivity contribution in [3.63, 3.8) is 0 Å². The summed E-state index contributed by atoms with van der Waals surface area (Å²) in [4.78, 5) is 24.4. The van der Waals surface area contributed by atoms with E-state index >= 15 is 0 Å². The summed E-state index contributed by atoms with van der Waals surface area (Å²) in [6, 6.07) is 15.8. The Bertz CT molecular complexity index is 986. The number of esters is 1. The maximum absolute atomic E-state index is 13.6.